The van der Waals surface area contributed by atoms with E-state index in [1.165, 1.54) is 4.90 Å². The van der Waals surface area contributed by atoms with Crippen LogP contribution in [0.5, 0.6) is 0 Å². The normalized spacial score (nSPS) is 16.1. The first kappa shape index (κ1) is 27.0. The number of aliphatic carboxylic acids is 1. The molecule has 14 heteroatoms. The van der Waals surface area contributed by atoms with E-state index >= 15 is 0 Å². The van der Waals surface area contributed by atoms with Gasteiger partial charge in [-0.2, -0.15) is 5.21 Å². The first-order valence-corrected chi connectivity index (χ1v) is 11.6. The minimum absolute atomic E-state index is 0.0214. The summed E-state index contributed by atoms with van der Waals surface area (Å²) in [5, 5.41) is 29.7. The second-order valence-electron chi connectivity index (χ2n) is 8.42. The number of rotatable bonds is 11. The summed E-state index contributed by atoms with van der Waals surface area (Å²) in [6.45, 7) is 3.17. The summed E-state index contributed by atoms with van der Waals surface area (Å²) >= 11 is 0. The lowest BCUT2D eigenvalue weighted by molar-refractivity contribution is -0.132. The van der Waals surface area contributed by atoms with Gasteiger partial charge in [-0.05, 0) is 17.5 Å². The minimum atomic E-state index is -1.30. The molecule has 2 aromatic rings. The highest BCUT2D eigenvalue weighted by Gasteiger charge is 2.38. The van der Waals surface area contributed by atoms with Crippen molar-refractivity contribution < 1.29 is 29.1 Å². The van der Waals surface area contributed by atoms with E-state index in [2.05, 4.69) is 36.6 Å². The maximum absolute atomic E-state index is 13.2. The van der Waals surface area contributed by atoms with Gasteiger partial charge in [-0.15, -0.1) is 10.2 Å². The van der Waals surface area contributed by atoms with Crippen molar-refractivity contribution in [3.8, 4) is 0 Å². The Morgan fingerprint density at radius 3 is 2.62 bits per heavy atom. The first-order chi connectivity index (χ1) is 17.7. The molecule has 2 heterocycles. The summed E-state index contributed by atoms with van der Waals surface area (Å²) in [5.41, 5.74) is 1.36. The van der Waals surface area contributed by atoms with E-state index in [4.69, 9.17) is 5.11 Å². The lowest BCUT2D eigenvalue weighted by Gasteiger charge is -2.26. The zero-order valence-corrected chi connectivity index (χ0v) is 20.3. The summed E-state index contributed by atoms with van der Waals surface area (Å²) in [6, 6.07) is 5.25. The molecule has 5 N–H and O–H groups in total. The minimum Gasteiger partial charge on any atom is -0.478 e. The fourth-order valence-corrected chi connectivity index (χ4v) is 3.85. The van der Waals surface area contributed by atoms with Crippen LogP contribution in [0.1, 0.15) is 31.7 Å². The summed E-state index contributed by atoms with van der Waals surface area (Å²) in [7, 11) is 0. The van der Waals surface area contributed by atoms with Crippen molar-refractivity contribution in [3.05, 3.63) is 47.8 Å². The average Bonchev–Trinajstić information content (AvgIpc) is 3.55. The summed E-state index contributed by atoms with van der Waals surface area (Å²) in [4.78, 5) is 63.1. The summed E-state index contributed by atoms with van der Waals surface area (Å²) in [6.07, 6.45) is 2.31. The molecule has 1 aromatic carbocycles. The lowest BCUT2D eigenvalue weighted by atomic mass is 9.98. The van der Waals surface area contributed by atoms with E-state index in [-0.39, 0.29) is 24.7 Å². The molecule has 3 atom stereocenters. The predicted molar refractivity (Wildman–Crippen MR) is 129 cm³/mol. The smallest absolute Gasteiger partial charge is 0.328 e. The SMILES string of the molecule is CCC(C)C(NC(=O)/C=C/C(=O)O)C(=O)NCC(=O)N1c2ccccc2C[C@H]1C(=O)NCc1nn[nH]n1. The number of aromatic amines is 1. The van der Waals surface area contributed by atoms with E-state index < -0.39 is 48.2 Å². The van der Waals surface area contributed by atoms with Crippen LogP contribution >= 0.6 is 0 Å². The van der Waals surface area contributed by atoms with Gasteiger partial charge in [-0.3, -0.25) is 24.1 Å². The molecule has 0 spiro atoms. The van der Waals surface area contributed by atoms with Crippen molar-refractivity contribution >= 4 is 35.3 Å². The third-order valence-corrected chi connectivity index (χ3v) is 5.94. The molecule has 0 radical (unpaired) electrons. The number of para-hydroxylation sites is 1. The van der Waals surface area contributed by atoms with Gasteiger partial charge in [0.1, 0.15) is 12.1 Å². The van der Waals surface area contributed by atoms with Gasteiger partial charge in [0, 0.05) is 24.3 Å². The molecule has 0 fully saturated rings. The highest BCUT2D eigenvalue weighted by molar-refractivity contribution is 6.05. The third kappa shape index (κ3) is 6.96. The summed E-state index contributed by atoms with van der Waals surface area (Å²) in [5.74, 6) is -3.61. The Balaban J connectivity index is 1.69. The first-order valence-electron chi connectivity index (χ1n) is 11.6. The van der Waals surface area contributed by atoms with Gasteiger partial charge in [0.25, 0.3) is 0 Å². The molecule has 1 aliphatic rings. The highest BCUT2D eigenvalue weighted by atomic mass is 16.4. The number of carboxylic acids is 1. The van der Waals surface area contributed by atoms with Crippen molar-refractivity contribution in [2.75, 3.05) is 11.4 Å². The standard InChI is InChI=1S/C23H28N8O6/c1-3-13(2)21(26-18(32)8-9-20(34)35)23(37)25-12-19(33)31-15-7-5-4-6-14(15)10-16(31)22(36)24-11-17-27-29-30-28-17/h4-9,13,16,21H,3,10-12H2,1-2H3,(H,24,36)(H,25,37)(H,26,32)(H,34,35)(H,27,28,29,30)/b9-8+/t13?,16-,21?/m0/s1. The van der Waals surface area contributed by atoms with E-state index in [9.17, 15) is 24.0 Å². The number of fused-ring (bicyclic) bond motifs is 1. The fourth-order valence-electron chi connectivity index (χ4n) is 3.85. The van der Waals surface area contributed by atoms with Crippen LogP contribution < -0.4 is 20.9 Å². The van der Waals surface area contributed by atoms with Gasteiger partial charge in [0.05, 0.1) is 13.1 Å². The van der Waals surface area contributed by atoms with Crippen molar-refractivity contribution in [3.63, 3.8) is 0 Å². The number of anilines is 1. The Labute approximate surface area is 211 Å². The molecule has 0 saturated carbocycles. The van der Waals surface area contributed by atoms with Crippen molar-refractivity contribution in [1.29, 1.82) is 0 Å². The van der Waals surface area contributed by atoms with Crippen LogP contribution in [0.4, 0.5) is 5.69 Å². The van der Waals surface area contributed by atoms with Crippen LogP contribution in [0.25, 0.3) is 0 Å². The number of tetrazole rings is 1. The molecule has 37 heavy (non-hydrogen) atoms. The second kappa shape index (κ2) is 12.4. The molecular formula is C23H28N8O6. The van der Waals surface area contributed by atoms with Crippen LogP contribution in [0.3, 0.4) is 0 Å². The zero-order chi connectivity index (χ0) is 26.9. The van der Waals surface area contributed by atoms with Crippen LogP contribution in [-0.4, -0.2) is 74.0 Å². The van der Waals surface area contributed by atoms with Gasteiger partial charge in [-0.25, -0.2) is 4.79 Å². The Kier molecular flexibility index (Phi) is 9.02. The Morgan fingerprint density at radius 2 is 1.95 bits per heavy atom. The van der Waals surface area contributed by atoms with E-state index in [1.54, 1.807) is 25.1 Å². The van der Waals surface area contributed by atoms with E-state index in [0.717, 1.165) is 11.6 Å². The van der Waals surface area contributed by atoms with E-state index in [0.29, 0.717) is 18.2 Å². The van der Waals surface area contributed by atoms with Crippen LogP contribution in [0, 0.1) is 5.92 Å². The number of hydrogen-bond acceptors (Lipinski definition) is 8. The van der Waals surface area contributed by atoms with Crippen LogP contribution in [0.15, 0.2) is 36.4 Å². The molecule has 2 unspecified atom stereocenters. The quantitative estimate of drug-likeness (QED) is 0.236. The Bertz CT molecular complexity index is 1180. The maximum atomic E-state index is 13.2. The monoisotopic (exact) mass is 512 g/mol. The van der Waals surface area contributed by atoms with Crippen molar-refractivity contribution in [2.24, 2.45) is 5.92 Å². The topological polar surface area (TPSA) is 199 Å². The Hall–Kier alpha value is -4.62. The number of H-pyrrole nitrogens is 1. The molecule has 0 aliphatic carbocycles. The maximum Gasteiger partial charge on any atom is 0.328 e. The van der Waals surface area contributed by atoms with Gasteiger partial charge in [-0.1, -0.05) is 43.7 Å². The molecule has 3 rings (SSSR count). The van der Waals surface area contributed by atoms with Gasteiger partial charge in [0.15, 0.2) is 5.82 Å². The second-order valence-corrected chi connectivity index (χ2v) is 8.42. The number of aromatic nitrogens is 4. The van der Waals surface area contributed by atoms with Crippen LogP contribution in [0.2, 0.25) is 0 Å². The largest absolute Gasteiger partial charge is 0.478 e. The number of benzene rings is 1. The van der Waals surface area contributed by atoms with Crippen molar-refractivity contribution in [1.82, 2.24) is 36.6 Å². The number of amides is 4. The van der Waals surface area contributed by atoms with Gasteiger partial charge >= 0.3 is 5.97 Å². The molecule has 0 bridgehead atoms. The molecular weight excluding hydrogens is 484 g/mol. The van der Waals surface area contributed by atoms with Crippen molar-refractivity contribution in [2.45, 2.75) is 45.3 Å². The average molecular weight is 513 g/mol. The highest BCUT2D eigenvalue weighted by Crippen LogP contribution is 2.32. The number of nitrogens with one attached hydrogen (secondary N) is 4. The predicted octanol–water partition coefficient (Wildman–Crippen LogP) is -0.938. The number of hydrogen-bond donors (Lipinski definition) is 5. The lowest BCUT2D eigenvalue weighted by Crippen LogP contribution is -2.54. The van der Waals surface area contributed by atoms with E-state index in [1.807, 2.05) is 13.0 Å². The Morgan fingerprint density at radius 1 is 1.19 bits per heavy atom. The number of carbonyl (C=O) groups excluding carboxylic acids is 4. The molecule has 1 aromatic heterocycles. The van der Waals surface area contributed by atoms with Gasteiger partial charge in [0.2, 0.25) is 23.6 Å². The zero-order valence-electron chi connectivity index (χ0n) is 20.3. The van der Waals surface area contributed by atoms with Gasteiger partial charge < -0.3 is 21.1 Å². The fraction of sp³-hybridized carbons (Fsp3) is 0.391. The molecule has 0 saturated heterocycles. The number of carboxylic acid groups (broad SMARTS) is 1. The van der Waals surface area contributed by atoms with Crippen LogP contribution in [-0.2, 0) is 36.9 Å². The molecule has 4 amide bonds. The molecule has 14 nitrogen and oxygen atoms in total. The molecule has 1 aliphatic heterocycles. The third-order valence-electron chi connectivity index (χ3n) is 5.94. The number of carbonyl (C=O) groups is 5. The molecule has 196 valence electrons. The summed E-state index contributed by atoms with van der Waals surface area (Å²) < 4.78 is 0. The number of nitrogens with zero attached hydrogens (tertiary/aromatic N) is 4.